The molecular weight excluding hydrogens is 356 g/mol. The Morgan fingerprint density at radius 1 is 1.00 bits per heavy atom. The highest BCUT2D eigenvalue weighted by atomic mass is 32.2. The molecule has 4 nitrogen and oxygen atoms in total. The van der Waals surface area contributed by atoms with Crippen molar-refractivity contribution < 1.29 is 9.59 Å². The molecule has 27 heavy (non-hydrogen) atoms. The van der Waals surface area contributed by atoms with Gasteiger partial charge in [0.1, 0.15) is 0 Å². The maximum atomic E-state index is 12.8. The number of likely N-dealkylation sites (tertiary alicyclic amines) is 1. The summed E-state index contributed by atoms with van der Waals surface area (Å²) >= 11 is 1.67. The van der Waals surface area contributed by atoms with Crippen LogP contribution in [0, 0.1) is 0 Å². The quantitative estimate of drug-likeness (QED) is 0.756. The Bertz CT molecular complexity index is 842. The predicted molar refractivity (Wildman–Crippen MR) is 109 cm³/mol. The van der Waals surface area contributed by atoms with E-state index in [2.05, 4.69) is 12.1 Å². The number of fused-ring (bicyclic) bond motifs is 1. The van der Waals surface area contributed by atoms with Crippen molar-refractivity contribution in [2.24, 2.45) is 0 Å². The smallest absolute Gasteiger partial charge is 0.253 e. The molecule has 2 heterocycles. The average Bonchev–Trinajstić information content (AvgIpc) is 2.73. The zero-order valence-corrected chi connectivity index (χ0v) is 16.4. The first-order valence-corrected chi connectivity index (χ1v) is 10.7. The fraction of sp³-hybridized carbons (Fsp3) is 0.364. The van der Waals surface area contributed by atoms with Gasteiger partial charge in [-0.15, -0.1) is 11.8 Å². The zero-order chi connectivity index (χ0) is 18.8. The van der Waals surface area contributed by atoms with E-state index in [1.165, 1.54) is 5.56 Å². The van der Waals surface area contributed by atoms with Crippen LogP contribution in [0.1, 0.15) is 35.2 Å². The minimum atomic E-state index is 0.0893. The summed E-state index contributed by atoms with van der Waals surface area (Å²) in [6.07, 6.45) is 5.10. The minimum Gasteiger partial charge on any atom is -0.338 e. The third-order valence-corrected chi connectivity index (χ3v) is 6.33. The third kappa shape index (κ3) is 3.61. The molecule has 4 rings (SSSR count). The van der Waals surface area contributed by atoms with Crippen molar-refractivity contribution in [3.8, 4) is 0 Å². The number of hydrogen-bond donors (Lipinski definition) is 0. The molecule has 0 radical (unpaired) electrons. The summed E-state index contributed by atoms with van der Waals surface area (Å²) in [5.41, 5.74) is 3.06. The number of amides is 2. The van der Waals surface area contributed by atoms with Crippen LogP contribution in [0.15, 0.2) is 53.4 Å². The van der Waals surface area contributed by atoms with Crippen molar-refractivity contribution in [3.63, 3.8) is 0 Å². The molecule has 2 aromatic rings. The highest BCUT2D eigenvalue weighted by Gasteiger charge is 2.33. The fourth-order valence-corrected chi connectivity index (χ4v) is 4.51. The first-order chi connectivity index (χ1) is 13.2. The second-order valence-corrected chi connectivity index (χ2v) is 8.02. The van der Waals surface area contributed by atoms with E-state index in [0.717, 1.165) is 35.4 Å². The van der Waals surface area contributed by atoms with Gasteiger partial charge in [0.25, 0.3) is 5.91 Å². The average molecular weight is 381 g/mol. The third-order valence-electron chi connectivity index (χ3n) is 5.58. The lowest BCUT2D eigenvalue weighted by molar-refractivity contribution is -0.119. The van der Waals surface area contributed by atoms with Crippen molar-refractivity contribution in [1.29, 1.82) is 0 Å². The molecule has 0 saturated carbocycles. The Morgan fingerprint density at radius 3 is 2.41 bits per heavy atom. The van der Waals surface area contributed by atoms with Crippen LogP contribution >= 0.6 is 11.8 Å². The second kappa shape index (κ2) is 7.77. The number of carbonyl (C=O) groups is 2. The van der Waals surface area contributed by atoms with Crippen LogP contribution in [0.3, 0.4) is 0 Å². The molecule has 0 spiro atoms. The molecule has 0 aliphatic carbocycles. The molecule has 2 aliphatic rings. The summed E-state index contributed by atoms with van der Waals surface area (Å²) < 4.78 is 0. The van der Waals surface area contributed by atoms with E-state index in [1.807, 2.05) is 52.5 Å². The Balaban J connectivity index is 1.44. The molecule has 0 N–H and O–H groups in total. The van der Waals surface area contributed by atoms with Crippen molar-refractivity contribution in [3.05, 3.63) is 59.7 Å². The second-order valence-electron chi connectivity index (χ2n) is 7.14. The first kappa shape index (κ1) is 18.1. The van der Waals surface area contributed by atoms with Gasteiger partial charge >= 0.3 is 0 Å². The van der Waals surface area contributed by atoms with Gasteiger partial charge in [0, 0.05) is 41.7 Å². The Morgan fingerprint density at radius 2 is 1.70 bits per heavy atom. The predicted octanol–water partition coefficient (Wildman–Crippen LogP) is 3.99. The van der Waals surface area contributed by atoms with Crippen LogP contribution in [0.25, 0.3) is 0 Å². The largest absolute Gasteiger partial charge is 0.338 e. The van der Waals surface area contributed by atoms with E-state index in [9.17, 15) is 9.59 Å². The standard InChI is InChI=1S/C22H24N2O2S/c1-27-19-9-6-17(7-10-19)22(26)23-14-12-18(13-15-23)24-20-5-3-2-4-16(20)8-11-21(24)25/h2-7,9-10,18H,8,11-15H2,1H3. The lowest BCUT2D eigenvalue weighted by atomic mass is 9.95. The lowest BCUT2D eigenvalue weighted by Crippen LogP contribution is -2.50. The molecule has 0 bridgehead atoms. The van der Waals surface area contributed by atoms with Crippen LogP contribution in [0.5, 0.6) is 0 Å². The van der Waals surface area contributed by atoms with Crippen LogP contribution in [-0.4, -0.2) is 42.1 Å². The van der Waals surface area contributed by atoms with Gasteiger partial charge < -0.3 is 9.80 Å². The molecule has 0 atom stereocenters. The number of rotatable bonds is 3. The number of para-hydroxylation sites is 1. The number of benzene rings is 2. The molecule has 2 amide bonds. The summed E-state index contributed by atoms with van der Waals surface area (Å²) in [5, 5.41) is 0. The van der Waals surface area contributed by atoms with Gasteiger partial charge in [-0.05, 0) is 61.4 Å². The Kier molecular flexibility index (Phi) is 5.21. The molecule has 0 unspecified atom stereocenters. The van der Waals surface area contributed by atoms with Crippen LogP contribution in [0.4, 0.5) is 5.69 Å². The van der Waals surface area contributed by atoms with Gasteiger partial charge in [0.15, 0.2) is 0 Å². The minimum absolute atomic E-state index is 0.0893. The van der Waals surface area contributed by atoms with Crippen molar-refractivity contribution in [1.82, 2.24) is 4.90 Å². The van der Waals surface area contributed by atoms with E-state index in [4.69, 9.17) is 0 Å². The number of thioether (sulfide) groups is 1. The van der Waals surface area contributed by atoms with Crippen LogP contribution in [-0.2, 0) is 11.2 Å². The maximum absolute atomic E-state index is 12.8. The van der Waals surface area contributed by atoms with Gasteiger partial charge in [0.2, 0.25) is 5.91 Å². The first-order valence-electron chi connectivity index (χ1n) is 9.50. The molecule has 1 saturated heterocycles. The van der Waals surface area contributed by atoms with E-state index >= 15 is 0 Å². The van der Waals surface area contributed by atoms with Crippen LogP contribution in [0.2, 0.25) is 0 Å². The highest BCUT2D eigenvalue weighted by molar-refractivity contribution is 7.98. The van der Waals surface area contributed by atoms with Gasteiger partial charge in [-0.2, -0.15) is 0 Å². The topological polar surface area (TPSA) is 40.6 Å². The van der Waals surface area contributed by atoms with Gasteiger partial charge in [-0.3, -0.25) is 9.59 Å². The summed E-state index contributed by atoms with van der Waals surface area (Å²) in [6.45, 7) is 1.39. The molecule has 1 fully saturated rings. The van der Waals surface area contributed by atoms with E-state index in [1.54, 1.807) is 11.8 Å². The summed E-state index contributed by atoms with van der Waals surface area (Å²) in [5.74, 6) is 0.303. The number of carbonyl (C=O) groups excluding carboxylic acids is 2. The number of piperidine rings is 1. The normalized spacial score (nSPS) is 17.7. The van der Waals surface area contributed by atoms with Gasteiger partial charge in [0.05, 0.1) is 0 Å². The van der Waals surface area contributed by atoms with Gasteiger partial charge in [-0.1, -0.05) is 18.2 Å². The Labute approximate surface area is 164 Å². The van der Waals surface area contributed by atoms with Crippen LogP contribution < -0.4 is 4.90 Å². The number of hydrogen-bond acceptors (Lipinski definition) is 3. The highest BCUT2D eigenvalue weighted by Crippen LogP contribution is 2.32. The van der Waals surface area contributed by atoms with E-state index < -0.39 is 0 Å². The lowest BCUT2D eigenvalue weighted by Gasteiger charge is -2.41. The molecule has 140 valence electrons. The molecule has 2 aromatic carbocycles. The van der Waals surface area contributed by atoms with E-state index in [0.29, 0.717) is 19.5 Å². The Hall–Kier alpha value is -2.27. The van der Waals surface area contributed by atoms with Crippen molar-refractivity contribution in [2.45, 2.75) is 36.6 Å². The summed E-state index contributed by atoms with van der Waals surface area (Å²) in [6, 6.07) is 16.2. The number of anilines is 1. The van der Waals surface area contributed by atoms with Crippen molar-refractivity contribution in [2.75, 3.05) is 24.2 Å². The van der Waals surface area contributed by atoms with Gasteiger partial charge in [-0.25, -0.2) is 0 Å². The molecule has 2 aliphatic heterocycles. The maximum Gasteiger partial charge on any atom is 0.253 e. The summed E-state index contributed by atoms with van der Waals surface area (Å²) in [4.78, 5) is 30.5. The number of aryl methyl sites for hydroxylation is 1. The summed E-state index contributed by atoms with van der Waals surface area (Å²) in [7, 11) is 0. The van der Waals surface area contributed by atoms with Crippen molar-refractivity contribution >= 4 is 29.3 Å². The van der Waals surface area contributed by atoms with E-state index in [-0.39, 0.29) is 17.9 Å². The SMILES string of the molecule is CSc1ccc(C(=O)N2CCC(N3C(=O)CCc4ccccc43)CC2)cc1. The fourth-order valence-electron chi connectivity index (χ4n) is 4.10. The monoisotopic (exact) mass is 380 g/mol. The zero-order valence-electron chi connectivity index (χ0n) is 15.6. The number of nitrogens with zero attached hydrogens (tertiary/aromatic N) is 2. The molecule has 5 heteroatoms. The molecule has 0 aromatic heterocycles. The molecular formula is C22H24N2O2S.